The first kappa shape index (κ1) is 15.1. The molecule has 5 nitrogen and oxygen atoms in total. The van der Waals surface area contributed by atoms with Gasteiger partial charge >= 0.3 is 5.51 Å². The lowest BCUT2D eigenvalue weighted by Crippen LogP contribution is -2.45. The van der Waals surface area contributed by atoms with Crippen LogP contribution in [0.3, 0.4) is 0 Å². The first-order valence-electron chi connectivity index (χ1n) is 6.13. The number of nitrogens with one attached hydrogen (secondary N) is 1. The Balaban J connectivity index is 2.05. The van der Waals surface area contributed by atoms with Crippen LogP contribution in [-0.2, 0) is 10.3 Å². The Bertz CT molecular complexity index is 484. The Labute approximate surface area is 117 Å². The van der Waals surface area contributed by atoms with Gasteiger partial charge in [-0.25, -0.2) is 0 Å². The molecular weight excluding hydrogens is 295 g/mol. The first-order valence-corrected chi connectivity index (χ1v) is 7.12. The third-order valence-electron chi connectivity index (χ3n) is 3.16. The minimum absolute atomic E-state index is 0.345. The second-order valence-electron chi connectivity index (χ2n) is 4.71. The third-order valence-corrected chi connectivity index (χ3v) is 3.89. The SMILES string of the molecule is Cc1nc(C2(NC(=O)CSC(F)(F)F)CCCC2)no1. The Morgan fingerprint density at radius 2 is 2.10 bits per heavy atom. The van der Waals surface area contributed by atoms with E-state index in [4.69, 9.17) is 4.52 Å². The number of hydrogen-bond donors (Lipinski definition) is 1. The van der Waals surface area contributed by atoms with Crippen LogP contribution < -0.4 is 5.32 Å². The van der Waals surface area contributed by atoms with Crippen molar-refractivity contribution in [1.82, 2.24) is 15.5 Å². The highest BCUT2D eigenvalue weighted by Gasteiger charge is 2.41. The second-order valence-corrected chi connectivity index (χ2v) is 5.75. The molecule has 1 aliphatic carbocycles. The number of rotatable bonds is 4. The topological polar surface area (TPSA) is 68.0 Å². The van der Waals surface area contributed by atoms with E-state index in [-0.39, 0.29) is 11.8 Å². The van der Waals surface area contributed by atoms with Crippen LogP contribution in [0.5, 0.6) is 0 Å². The molecule has 20 heavy (non-hydrogen) atoms. The number of aryl methyl sites for hydroxylation is 1. The summed E-state index contributed by atoms with van der Waals surface area (Å²) in [6, 6.07) is 0. The highest BCUT2D eigenvalue weighted by molar-refractivity contribution is 8.00. The van der Waals surface area contributed by atoms with Gasteiger partial charge in [-0.15, -0.1) is 0 Å². The van der Waals surface area contributed by atoms with Gasteiger partial charge in [-0.05, 0) is 24.6 Å². The number of thioether (sulfide) groups is 1. The standard InChI is InChI=1S/C11H14F3N3O2S/c1-7-15-9(17-19-7)10(4-2-3-5-10)16-8(18)6-20-11(12,13)14/h2-6H2,1H3,(H,16,18). The van der Waals surface area contributed by atoms with Crippen LogP contribution in [0.2, 0.25) is 0 Å². The summed E-state index contributed by atoms with van der Waals surface area (Å²) in [7, 11) is 0. The summed E-state index contributed by atoms with van der Waals surface area (Å²) in [5, 5.41) is 6.45. The molecule has 0 bridgehead atoms. The van der Waals surface area contributed by atoms with Crippen molar-refractivity contribution in [3.8, 4) is 0 Å². The van der Waals surface area contributed by atoms with E-state index in [1.165, 1.54) is 0 Å². The van der Waals surface area contributed by atoms with E-state index in [0.29, 0.717) is 24.6 Å². The van der Waals surface area contributed by atoms with Crippen LogP contribution in [0.4, 0.5) is 13.2 Å². The second kappa shape index (κ2) is 5.63. The number of nitrogens with zero attached hydrogens (tertiary/aromatic N) is 2. The molecule has 1 aromatic heterocycles. The van der Waals surface area contributed by atoms with Crippen molar-refractivity contribution < 1.29 is 22.5 Å². The van der Waals surface area contributed by atoms with Gasteiger partial charge in [-0.1, -0.05) is 18.0 Å². The van der Waals surface area contributed by atoms with Gasteiger partial charge in [0.25, 0.3) is 0 Å². The van der Waals surface area contributed by atoms with Gasteiger partial charge in [0, 0.05) is 6.92 Å². The average Bonchev–Trinajstić information content (AvgIpc) is 2.96. The molecule has 1 N–H and O–H groups in total. The molecule has 1 fully saturated rings. The molecule has 2 rings (SSSR count). The zero-order valence-electron chi connectivity index (χ0n) is 10.8. The maximum atomic E-state index is 12.1. The predicted octanol–water partition coefficient (Wildman–Crippen LogP) is 2.52. The Hall–Kier alpha value is -1.25. The molecule has 1 saturated carbocycles. The molecule has 0 spiro atoms. The van der Waals surface area contributed by atoms with Crippen LogP contribution in [0.15, 0.2) is 4.52 Å². The van der Waals surface area contributed by atoms with Gasteiger partial charge < -0.3 is 9.84 Å². The fraction of sp³-hybridized carbons (Fsp3) is 0.727. The number of carbonyl (C=O) groups excluding carboxylic acids is 1. The zero-order chi connectivity index (χ0) is 14.8. The molecule has 0 unspecified atom stereocenters. The van der Waals surface area contributed by atoms with Crippen molar-refractivity contribution >= 4 is 17.7 Å². The van der Waals surface area contributed by atoms with Crippen molar-refractivity contribution in [1.29, 1.82) is 0 Å². The number of halogens is 3. The largest absolute Gasteiger partial charge is 0.442 e. The summed E-state index contributed by atoms with van der Waals surface area (Å²) in [4.78, 5) is 15.8. The average molecular weight is 309 g/mol. The van der Waals surface area contributed by atoms with E-state index in [0.717, 1.165) is 12.8 Å². The molecule has 0 aromatic carbocycles. The minimum Gasteiger partial charge on any atom is -0.343 e. The fourth-order valence-electron chi connectivity index (χ4n) is 2.33. The van der Waals surface area contributed by atoms with E-state index in [1.54, 1.807) is 6.92 Å². The van der Waals surface area contributed by atoms with Crippen molar-refractivity contribution in [3.63, 3.8) is 0 Å². The highest BCUT2D eigenvalue weighted by atomic mass is 32.2. The summed E-state index contributed by atoms with van der Waals surface area (Å²) in [6.45, 7) is 1.63. The summed E-state index contributed by atoms with van der Waals surface area (Å²) in [5.74, 6) is -0.623. The number of hydrogen-bond acceptors (Lipinski definition) is 5. The molecule has 1 aliphatic rings. The van der Waals surface area contributed by atoms with Crippen LogP contribution in [-0.4, -0.2) is 27.3 Å². The van der Waals surface area contributed by atoms with E-state index in [9.17, 15) is 18.0 Å². The quantitative estimate of drug-likeness (QED) is 0.925. The zero-order valence-corrected chi connectivity index (χ0v) is 11.6. The summed E-state index contributed by atoms with van der Waals surface area (Å²) >= 11 is -0.352. The van der Waals surface area contributed by atoms with Crippen LogP contribution in [0, 0.1) is 6.92 Å². The molecule has 0 aliphatic heterocycles. The van der Waals surface area contributed by atoms with Crippen LogP contribution in [0.1, 0.15) is 37.4 Å². The monoisotopic (exact) mass is 309 g/mol. The van der Waals surface area contributed by atoms with E-state index in [1.807, 2.05) is 0 Å². The Morgan fingerprint density at radius 1 is 1.45 bits per heavy atom. The van der Waals surface area contributed by atoms with Crippen molar-refractivity contribution in [3.05, 3.63) is 11.7 Å². The fourth-order valence-corrected chi connectivity index (χ4v) is 2.69. The number of carbonyl (C=O) groups is 1. The normalized spacial score (nSPS) is 18.2. The Morgan fingerprint density at radius 3 is 2.60 bits per heavy atom. The van der Waals surface area contributed by atoms with Crippen molar-refractivity contribution in [2.45, 2.75) is 43.7 Å². The number of amides is 1. The number of aromatic nitrogens is 2. The van der Waals surface area contributed by atoms with E-state index < -0.39 is 22.7 Å². The van der Waals surface area contributed by atoms with Gasteiger partial charge in [0.2, 0.25) is 11.8 Å². The lowest BCUT2D eigenvalue weighted by Gasteiger charge is -2.26. The summed E-state index contributed by atoms with van der Waals surface area (Å²) in [6.07, 6.45) is 2.93. The molecule has 1 heterocycles. The van der Waals surface area contributed by atoms with Gasteiger partial charge in [0.05, 0.1) is 5.75 Å². The van der Waals surface area contributed by atoms with E-state index in [2.05, 4.69) is 15.5 Å². The van der Waals surface area contributed by atoms with Crippen LogP contribution in [0.25, 0.3) is 0 Å². The molecular formula is C11H14F3N3O2S. The maximum absolute atomic E-state index is 12.1. The summed E-state index contributed by atoms with van der Waals surface area (Å²) < 4.78 is 41.2. The molecule has 1 aromatic rings. The number of alkyl halides is 3. The van der Waals surface area contributed by atoms with Crippen molar-refractivity contribution in [2.75, 3.05) is 5.75 Å². The van der Waals surface area contributed by atoms with Crippen LogP contribution >= 0.6 is 11.8 Å². The lowest BCUT2D eigenvalue weighted by molar-refractivity contribution is -0.121. The molecule has 112 valence electrons. The molecule has 1 amide bonds. The third kappa shape index (κ3) is 3.65. The predicted molar refractivity (Wildman–Crippen MR) is 65.8 cm³/mol. The molecule has 0 radical (unpaired) electrons. The van der Waals surface area contributed by atoms with Gasteiger partial charge in [-0.3, -0.25) is 4.79 Å². The smallest absolute Gasteiger partial charge is 0.343 e. The van der Waals surface area contributed by atoms with Crippen molar-refractivity contribution in [2.24, 2.45) is 0 Å². The van der Waals surface area contributed by atoms with Gasteiger partial charge in [-0.2, -0.15) is 18.2 Å². The lowest BCUT2D eigenvalue weighted by atomic mass is 9.96. The van der Waals surface area contributed by atoms with Gasteiger partial charge in [0.1, 0.15) is 5.54 Å². The first-order chi connectivity index (χ1) is 9.31. The highest BCUT2D eigenvalue weighted by Crippen LogP contribution is 2.37. The molecule has 0 saturated heterocycles. The Kier molecular flexibility index (Phi) is 4.26. The van der Waals surface area contributed by atoms with E-state index >= 15 is 0 Å². The molecule has 0 atom stereocenters. The maximum Gasteiger partial charge on any atom is 0.442 e. The minimum atomic E-state index is -4.41. The summed E-state index contributed by atoms with van der Waals surface area (Å²) in [5.41, 5.74) is -5.20. The molecule has 9 heteroatoms. The van der Waals surface area contributed by atoms with Gasteiger partial charge in [0.15, 0.2) is 5.82 Å².